The number of ether oxygens (including phenoxy) is 1. The number of benzene rings is 1. The molecule has 1 saturated heterocycles. The number of likely N-dealkylation sites (tertiary alicyclic amines) is 1. The fraction of sp³-hybridized carbons (Fsp3) is 0.394. The van der Waals surface area contributed by atoms with Crippen LogP contribution in [0.2, 0.25) is 0 Å². The van der Waals surface area contributed by atoms with Crippen LogP contribution in [0.1, 0.15) is 76.8 Å². The van der Waals surface area contributed by atoms with Crippen LogP contribution in [0.3, 0.4) is 0 Å². The first kappa shape index (κ1) is 30.8. The second-order valence-corrected chi connectivity index (χ2v) is 12.5. The first-order chi connectivity index (χ1) is 21.5. The predicted octanol–water partition coefficient (Wildman–Crippen LogP) is 7.28. The maximum Gasteiger partial charge on any atom is 0.434 e. The molecule has 1 saturated carbocycles. The smallest absolute Gasteiger partial charge is 0.434 e. The second kappa shape index (κ2) is 12.3. The lowest BCUT2D eigenvalue weighted by atomic mass is 9.85. The molecule has 6 rings (SSSR count). The molecule has 1 aliphatic carbocycles. The maximum atomic E-state index is 13.8. The van der Waals surface area contributed by atoms with Crippen LogP contribution in [0.25, 0.3) is 16.4 Å². The number of hydrogen-bond donors (Lipinski definition) is 1. The van der Waals surface area contributed by atoms with Crippen molar-refractivity contribution < 1.29 is 32.6 Å². The van der Waals surface area contributed by atoms with Gasteiger partial charge in [-0.2, -0.15) is 18.3 Å². The van der Waals surface area contributed by atoms with Gasteiger partial charge in [0.25, 0.3) is 0 Å². The van der Waals surface area contributed by atoms with E-state index in [1.165, 1.54) is 28.5 Å². The number of pyridine rings is 1. The Hall–Kier alpha value is -4.19. The molecular formula is C33H33F3N4O4S. The number of aromatic carboxylic acids is 1. The minimum Gasteiger partial charge on any atom is -0.489 e. The molecule has 1 aromatic carbocycles. The molecule has 8 nitrogen and oxygen atoms in total. The fourth-order valence-corrected chi connectivity index (χ4v) is 7.05. The fourth-order valence-electron chi connectivity index (χ4n) is 6.01. The average molecular weight is 639 g/mol. The van der Waals surface area contributed by atoms with Crippen molar-refractivity contribution in [2.24, 2.45) is 5.92 Å². The van der Waals surface area contributed by atoms with E-state index in [-0.39, 0.29) is 18.3 Å². The Bertz CT molecular complexity index is 1740. The molecule has 12 heteroatoms. The van der Waals surface area contributed by atoms with Gasteiger partial charge in [-0.1, -0.05) is 19.1 Å². The third-order valence-corrected chi connectivity index (χ3v) is 9.77. The molecule has 1 aliphatic heterocycles. The zero-order valence-electron chi connectivity index (χ0n) is 24.9. The van der Waals surface area contributed by atoms with Gasteiger partial charge in [-0.15, -0.1) is 11.3 Å². The predicted molar refractivity (Wildman–Crippen MR) is 163 cm³/mol. The van der Waals surface area contributed by atoms with Gasteiger partial charge in [-0.25, -0.2) is 14.5 Å². The Kier molecular flexibility index (Phi) is 8.43. The van der Waals surface area contributed by atoms with Crippen molar-refractivity contribution in [3.05, 3.63) is 81.5 Å². The van der Waals surface area contributed by atoms with Gasteiger partial charge < -0.3 is 14.7 Å². The van der Waals surface area contributed by atoms with Gasteiger partial charge in [-0.05, 0) is 91.3 Å². The van der Waals surface area contributed by atoms with Crippen LogP contribution < -0.4 is 4.74 Å². The van der Waals surface area contributed by atoms with Crippen LogP contribution in [0.5, 0.6) is 5.75 Å². The molecule has 3 aromatic heterocycles. The molecule has 1 N–H and O–H groups in total. The van der Waals surface area contributed by atoms with Gasteiger partial charge in [0.2, 0.25) is 5.91 Å². The highest BCUT2D eigenvalue weighted by atomic mass is 32.1. The van der Waals surface area contributed by atoms with Crippen molar-refractivity contribution in [3.63, 3.8) is 0 Å². The van der Waals surface area contributed by atoms with E-state index in [2.05, 4.69) is 29.1 Å². The normalized spacial score (nSPS) is 15.8. The molecule has 0 bridgehead atoms. The Labute approximate surface area is 262 Å². The minimum atomic E-state index is -4.94. The minimum absolute atomic E-state index is 0.142. The monoisotopic (exact) mass is 638 g/mol. The molecule has 2 aliphatic rings. The maximum absolute atomic E-state index is 13.8. The number of hydrogen-bond acceptors (Lipinski definition) is 6. The number of amides is 1. The molecule has 4 heterocycles. The van der Waals surface area contributed by atoms with E-state index in [0.717, 1.165) is 66.9 Å². The van der Waals surface area contributed by atoms with E-state index in [4.69, 9.17) is 4.74 Å². The average Bonchev–Trinajstić information content (AvgIpc) is 3.66. The van der Waals surface area contributed by atoms with Crippen LogP contribution in [0.15, 0.2) is 48.0 Å². The summed E-state index contributed by atoms with van der Waals surface area (Å²) in [5, 5.41) is 14.9. The van der Waals surface area contributed by atoms with Crippen LogP contribution >= 0.6 is 11.3 Å². The topological polar surface area (TPSA) is 97.6 Å². The quantitative estimate of drug-likeness (QED) is 0.207. The van der Waals surface area contributed by atoms with E-state index in [1.807, 2.05) is 23.3 Å². The number of rotatable bonds is 9. The SMILES string of the molecule is CCc1cc(OCc2c(C)csc2-c2cccc(-n3ncc(C(=O)O)c3C(F)(F)F)n2)ccc1C1CCN(C(=O)C2CC2)CC1. The standard InChI is InChI=1S/C33H33F3N4O4S/c1-3-20-15-23(9-10-24(20)21-11-13-39(14-12-21)31(41)22-7-8-22)44-17-26-19(2)18-45-29(26)27-5-4-6-28(38-27)40-30(33(34,35)36)25(16-37-40)32(42)43/h4-6,9-10,15-16,18,21-22H,3,7-8,11-14,17H2,1-2H3,(H,42,43). The number of carboxylic acids is 1. The number of carboxylic acid groups (broad SMARTS) is 1. The number of nitrogens with zero attached hydrogens (tertiary/aromatic N) is 4. The molecule has 236 valence electrons. The van der Waals surface area contributed by atoms with E-state index in [0.29, 0.717) is 28.4 Å². The summed E-state index contributed by atoms with van der Waals surface area (Å²) in [6, 6.07) is 10.8. The molecule has 0 radical (unpaired) electrons. The van der Waals surface area contributed by atoms with Gasteiger partial charge in [0, 0.05) is 24.6 Å². The third-order valence-electron chi connectivity index (χ3n) is 8.61. The molecule has 45 heavy (non-hydrogen) atoms. The first-order valence-electron chi connectivity index (χ1n) is 15.0. The summed E-state index contributed by atoms with van der Waals surface area (Å²) in [4.78, 5) is 31.1. The summed E-state index contributed by atoms with van der Waals surface area (Å²) in [7, 11) is 0. The van der Waals surface area contributed by atoms with Crippen molar-refractivity contribution in [1.29, 1.82) is 0 Å². The Morgan fingerprint density at radius 2 is 1.87 bits per heavy atom. The van der Waals surface area contributed by atoms with E-state index >= 15 is 0 Å². The number of aromatic nitrogens is 3. The van der Waals surface area contributed by atoms with Crippen molar-refractivity contribution in [3.8, 4) is 22.1 Å². The van der Waals surface area contributed by atoms with Crippen molar-refractivity contribution >= 4 is 23.2 Å². The van der Waals surface area contributed by atoms with Crippen LogP contribution in [-0.2, 0) is 24.0 Å². The highest BCUT2D eigenvalue weighted by Gasteiger charge is 2.41. The van der Waals surface area contributed by atoms with E-state index in [1.54, 1.807) is 12.1 Å². The Morgan fingerprint density at radius 1 is 1.11 bits per heavy atom. The number of halogens is 3. The molecule has 2 fully saturated rings. The number of alkyl halides is 3. The third kappa shape index (κ3) is 6.33. The van der Waals surface area contributed by atoms with Gasteiger partial charge >= 0.3 is 12.1 Å². The molecule has 0 spiro atoms. The van der Waals surface area contributed by atoms with Gasteiger partial charge in [0.15, 0.2) is 11.5 Å². The summed E-state index contributed by atoms with van der Waals surface area (Å²) < 4.78 is 48.2. The van der Waals surface area contributed by atoms with E-state index < -0.39 is 23.4 Å². The highest BCUT2D eigenvalue weighted by Crippen LogP contribution is 2.38. The summed E-state index contributed by atoms with van der Waals surface area (Å²) in [5.41, 5.74) is 2.45. The number of carbonyl (C=O) groups is 2. The highest BCUT2D eigenvalue weighted by molar-refractivity contribution is 7.13. The summed E-state index contributed by atoms with van der Waals surface area (Å²) in [5.74, 6) is -0.165. The van der Waals surface area contributed by atoms with Crippen LogP contribution in [-0.4, -0.2) is 49.7 Å². The van der Waals surface area contributed by atoms with Crippen molar-refractivity contribution in [1.82, 2.24) is 19.7 Å². The van der Waals surface area contributed by atoms with Gasteiger partial charge in [0.05, 0.1) is 16.8 Å². The van der Waals surface area contributed by atoms with Gasteiger partial charge in [-0.3, -0.25) is 4.79 Å². The lowest BCUT2D eigenvalue weighted by Gasteiger charge is -2.33. The number of carbonyl (C=O) groups excluding carboxylic acids is 1. The van der Waals surface area contributed by atoms with Crippen molar-refractivity contribution in [2.75, 3.05) is 13.1 Å². The van der Waals surface area contributed by atoms with Crippen molar-refractivity contribution in [2.45, 2.75) is 64.7 Å². The molecular weight excluding hydrogens is 605 g/mol. The summed E-state index contributed by atoms with van der Waals surface area (Å²) >= 11 is 1.41. The first-order valence-corrected chi connectivity index (χ1v) is 15.9. The number of piperidine rings is 1. The number of thiophene rings is 1. The molecule has 0 unspecified atom stereocenters. The molecule has 1 amide bonds. The molecule has 0 atom stereocenters. The van der Waals surface area contributed by atoms with Crippen LogP contribution in [0, 0.1) is 12.8 Å². The Morgan fingerprint density at radius 3 is 2.53 bits per heavy atom. The lowest BCUT2D eigenvalue weighted by Crippen LogP contribution is -2.38. The zero-order valence-corrected chi connectivity index (χ0v) is 25.7. The zero-order chi connectivity index (χ0) is 31.9. The Balaban J connectivity index is 1.19. The molecule has 4 aromatic rings. The van der Waals surface area contributed by atoms with Gasteiger partial charge in [0.1, 0.15) is 17.9 Å². The largest absolute Gasteiger partial charge is 0.489 e. The van der Waals surface area contributed by atoms with E-state index in [9.17, 15) is 27.9 Å². The van der Waals surface area contributed by atoms with Crippen LogP contribution in [0.4, 0.5) is 13.2 Å². The lowest BCUT2D eigenvalue weighted by molar-refractivity contribution is -0.143. The summed E-state index contributed by atoms with van der Waals surface area (Å²) in [6.45, 7) is 5.90. The number of aryl methyl sites for hydroxylation is 2. The second-order valence-electron chi connectivity index (χ2n) is 11.6. The summed E-state index contributed by atoms with van der Waals surface area (Å²) in [6.07, 6.45) is 0.552.